The highest BCUT2D eigenvalue weighted by molar-refractivity contribution is 6.32. The number of carbonyl (C=O) groups excluding carboxylic acids is 6. The molecule has 9 aromatic rings. The zero-order chi connectivity index (χ0) is 83.2. The van der Waals surface area contributed by atoms with E-state index in [0.29, 0.717) is 135 Å². The van der Waals surface area contributed by atoms with E-state index in [1.807, 2.05) is 180 Å². The average molecular weight is 1650 g/mol. The van der Waals surface area contributed by atoms with Crippen LogP contribution >= 0.6 is 34.8 Å². The van der Waals surface area contributed by atoms with Crippen LogP contribution in [0, 0.1) is 0 Å². The number of nitrogens with one attached hydrogen (secondary N) is 7. The summed E-state index contributed by atoms with van der Waals surface area (Å²) in [5, 5.41) is 40.0. The Morgan fingerprint density at radius 1 is 0.470 bits per heavy atom. The summed E-state index contributed by atoms with van der Waals surface area (Å²) in [5.74, 6) is 1.05. The van der Waals surface area contributed by atoms with Gasteiger partial charge in [-0.2, -0.15) is 0 Å². The third-order valence-corrected chi connectivity index (χ3v) is 23.1. The molecule has 0 aliphatic carbocycles. The number of ether oxygens (including phenoxy) is 1. The minimum absolute atomic E-state index is 0.0178. The van der Waals surface area contributed by atoms with Gasteiger partial charge in [0.15, 0.2) is 5.96 Å². The third kappa shape index (κ3) is 27.0. The lowest BCUT2D eigenvalue weighted by Gasteiger charge is -2.28. The molecule has 622 valence electrons. The molecule has 117 heavy (non-hydrogen) atoms. The normalized spacial score (nSPS) is 18.8. The molecule has 3 aliphatic heterocycles. The van der Waals surface area contributed by atoms with Gasteiger partial charge in [0.2, 0.25) is 17.7 Å². The van der Waals surface area contributed by atoms with E-state index in [0.717, 1.165) is 77.3 Å². The molecule has 23 heteroatoms. The molecule has 0 unspecified atom stereocenters. The van der Waals surface area contributed by atoms with Crippen molar-refractivity contribution in [1.29, 1.82) is 0 Å². The van der Waals surface area contributed by atoms with Crippen molar-refractivity contribution in [2.45, 2.75) is 165 Å². The molecule has 9 atom stereocenters. The highest BCUT2D eigenvalue weighted by atomic mass is 35.5. The van der Waals surface area contributed by atoms with Crippen molar-refractivity contribution >= 4 is 109 Å². The number of hydrogen-bond acceptors (Lipinski definition) is 12. The molecule has 3 fully saturated rings. The Kier molecular flexibility index (Phi) is 35.4. The molecule has 0 saturated carbocycles. The first-order valence-electron chi connectivity index (χ1n) is 41.6. The summed E-state index contributed by atoms with van der Waals surface area (Å²) in [6.07, 6.45) is 8.29. The molecule has 0 aromatic heterocycles. The summed E-state index contributed by atoms with van der Waals surface area (Å²) in [4.78, 5) is 90.3. The number of rotatable bonds is 32. The van der Waals surface area contributed by atoms with E-state index in [1.165, 1.54) is 16.7 Å². The minimum Gasteiger partial charge on any atom is -0.396 e. The van der Waals surface area contributed by atoms with Gasteiger partial charge in [0.1, 0.15) is 0 Å². The van der Waals surface area contributed by atoms with Gasteiger partial charge in [0.05, 0.1) is 18.1 Å². The standard InChI is InChI=1S/C33H43ClN6O2.C31H38ClN3O3.C30H36ClN3O3/c1-4-23(24-8-6-5-7-9-24)21-40-17-15-29(39-30(32(40)42)14-16-36-33(35)38-22(2)3)20-37-31(41)27-11-10-26-19-28(34)13-12-25(26)18-27;1-2-22(23-8-4-3-5-9-23)21-35-16-15-28(34-29(31(35)38)10-6-7-17-36)20-33-30(37)26-12-11-25-19-27(32)14-13-24(25)18-26;1-3-21(22-7-5-4-6-8-22)20-34-15-13-27(33-28(30(34)36)14-16-37-2)19-32-29(35)25-10-9-24-18-26(31)12-11-23(24)17-25/h5-13,18-19,22-23,29-30,39H,4,14-17,20-21H2,1-3H3,(H,37,41)(H3,35,36,38);3-5,8-9,11-14,18-19,22,28-29,34,36H,2,6-7,10,15-17,20-21H2,1H3,(H,33,37);4-12,17-18,21,27-28,33H,3,13-16,19-20H2,1-2H3,(H,32,35)/t23-,29+,30+;22-,28+,29+;21-,27+,28+/m111/s1. The second-order valence-corrected chi connectivity index (χ2v) is 32.4. The van der Waals surface area contributed by atoms with Crippen molar-refractivity contribution in [3.8, 4) is 0 Å². The topological polar surface area (TPSA) is 264 Å². The molecule has 3 aliphatic rings. The van der Waals surface area contributed by atoms with Crippen LogP contribution in [0.3, 0.4) is 0 Å². The van der Waals surface area contributed by atoms with E-state index in [2.05, 4.69) is 112 Å². The van der Waals surface area contributed by atoms with Gasteiger partial charge in [-0.1, -0.05) is 183 Å². The molecule has 3 saturated heterocycles. The van der Waals surface area contributed by atoms with E-state index in [9.17, 15) is 33.9 Å². The Morgan fingerprint density at radius 2 is 0.795 bits per heavy atom. The molecule has 3 heterocycles. The Balaban J connectivity index is 0.000000185. The number of carbonyl (C=O) groups is 6. The number of fused-ring (bicyclic) bond motifs is 3. The van der Waals surface area contributed by atoms with E-state index < -0.39 is 6.04 Å². The fourth-order valence-electron chi connectivity index (χ4n) is 15.7. The van der Waals surface area contributed by atoms with Crippen LogP contribution in [0.15, 0.2) is 205 Å². The minimum atomic E-state index is -0.427. The zero-order valence-electron chi connectivity index (χ0n) is 68.4. The van der Waals surface area contributed by atoms with E-state index >= 15 is 0 Å². The number of nitrogens with zero attached hydrogens (tertiary/aromatic N) is 4. The quantitative estimate of drug-likeness (QED) is 0.0108. The van der Waals surface area contributed by atoms with Gasteiger partial charge in [0, 0.05) is 159 Å². The number of aliphatic hydroxyl groups is 1. The molecule has 6 amide bonds. The van der Waals surface area contributed by atoms with Crippen molar-refractivity contribution in [1.82, 2.24) is 51.9 Å². The zero-order valence-corrected chi connectivity index (χ0v) is 70.7. The number of amides is 6. The number of methoxy groups -OCH3 is 1. The summed E-state index contributed by atoms with van der Waals surface area (Å²) < 4.78 is 5.29. The summed E-state index contributed by atoms with van der Waals surface area (Å²) in [5.41, 5.74) is 11.5. The Labute approximate surface area is 705 Å². The number of unbranched alkanes of at least 4 members (excludes halogenated alkanes) is 1. The number of benzene rings is 9. The maximum absolute atomic E-state index is 13.8. The molecule has 0 bridgehead atoms. The van der Waals surface area contributed by atoms with Crippen molar-refractivity contribution in [2.24, 2.45) is 10.7 Å². The molecular formula is C94H117Cl3N12O8. The van der Waals surface area contributed by atoms with Crippen LogP contribution in [0.1, 0.15) is 171 Å². The lowest BCUT2D eigenvalue weighted by molar-refractivity contribution is -0.134. The average Bonchev–Trinajstić information content (AvgIpc) is 1.74. The molecule has 20 nitrogen and oxygen atoms in total. The molecule has 9 aromatic carbocycles. The smallest absolute Gasteiger partial charge is 0.251 e. The number of hydrogen-bond donors (Lipinski definition) is 9. The van der Waals surface area contributed by atoms with Gasteiger partial charge >= 0.3 is 0 Å². The number of halogens is 3. The van der Waals surface area contributed by atoms with Crippen molar-refractivity contribution in [2.75, 3.05) is 85.8 Å². The van der Waals surface area contributed by atoms with Crippen LogP contribution in [0.2, 0.25) is 15.1 Å². The Morgan fingerprint density at radius 3 is 1.12 bits per heavy atom. The van der Waals surface area contributed by atoms with Gasteiger partial charge in [-0.05, 0) is 206 Å². The number of aliphatic hydroxyl groups excluding tert-OH is 1. The van der Waals surface area contributed by atoms with Gasteiger partial charge in [0.25, 0.3) is 17.7 Å². The largest absolute Gasteiger partial charge is 0.396 e. The van der Waals surface area contributed by atoms with Gasteiger partial charge in [-0.25, -0.2) is 0 Å². The maximum Gasteiger partial charge on any atom is 0.251 e. The number of nitrogens with two attached hydrogens (primary N) is 1. The van der Waals surface area contributed by atoms with Gasteiger partial charge < -0.3 is 67.5 Å². The predicted octanol–water partition coefficient (Wildman–Crippen LogP) is 14.8. The lowest BCUT2D eigenvalue weighted by atomic mass is 9.95. The molecule has 12 rings (SSSR count). The summed E-state index contributed by atoms with van der Waals surface area (Å²) in [6, 6.07) is 63.7. The van der Waals surface area contributed by atoms with Gasteiger partial charge in [-0.3, -0.25) is 33.8 Å². The third-order valence-electron chi connectivity index (χ3n) is 22.4. The van der Waals surface area contributed by atoms with E-state index in [4.69, 9.17) is 45.3 Å². The van der Waals surface area contributed by atoms with Crippen LogP contribution in [0.4, 0.5) is 0 Å². The van der Waals surface area contributed by atoms with Crippen LogP contribution in [0.25, 0.3) is 32.3 Å². The van der Waals surface area contributed by atoms with E-state index in [-0.39, 0.29) is 96.1 Å². The van der Waals surface area contributed by atoms with E-state index in [1.54, 1.807) is 7.11 Å². The Hall–Kier alpha value is -9.48. The molecule has 0 radical (unpaired) electrons. The van der Waals surface area contributed by atoms with Crippen LogP contribution in [-0.4, -0.2) is 189 Å². The summed E-state index contributed by atoms with van der Waals surface area (Å²) in [7, 11) is 1.65. The van der Waals surface area contributed by atoms with Gasteiger partial charge in [-0.15, -0.1) is 0 Å². The van der Waals surface area contributed by atoms with Crippen LogP contribution in [-0.2, 0) is 19.1 Å². The highest BCUT2D eigenvalue weighted by Gasteiger charge is 2.36. The maximum atomic E-state index is 13.8. The first kappa shape index (κ1) is 89.9. The van der Waals surface area contributed by atoms with Crippen molar-refractivity contribution < 1.29 is 38.6 Å². The second kappa shape index (κ2) is 46.0. The lowest BCUT2D eigenvalue weighted by Crippen LogP contribution is -2.49. The Bertz CT molecular complexity index is 4740. The first-order chi connectivity index (χ1) is 56.7. The number of guanidine groups is 1. The first-order valence-corrected chi connectivity index (χ1v) is 42.7. The fourth-order valence-corrected chi connectivity index (χ4v) is 16.2. The summed E-state index contributed by atoms with van der Waals surface area (Å²) in [6.45, 7) is 16.7. The molecule has 0 spiro atoms. The monoisotopic (exact) mass is 1650 g/mol. The molecular weight excluding hydrogens is 1530 g/mol. The molecule has 10 N–H and O–H groups in total. The van der Waals surface area contributed by atoms with Crippen molar-refractivity contribution in [3.05, 3.63) is 249 Å². The van der Waals surface area contributed by atoms with Crippen LogP contribution < -0.4 is 43.0 Å². The fraction of sp³-hybridized carbons (Fsp3) is 0.415. The summed E-state index contributed by atoms with van der Waals surface area (Å²) >= 11 is 18.3. The SMILES string of the molecule is CC[C@H](CN1CC[C@@H](CNC(=O)c2ccc3cc(Cl)ccc3c2)N[C@@H](CCCCO)C1=O)c1ccccc1.CC[C@H](CN1CC[C@@H](CNC(=O)c2ccc3cc(Cl)ccc3c2)N[C@@H](CCN=C(N)NC(C)C)C1=O)c1ccccc1.CC[C@H](CN1CC[C@@H](CNC(=O)c2ccc3cc(Cl)ccc3c2)N[C@@H](CCOC)C1=O)c1ccccc1. The van der Waals surface area contributed by atoms with Crippen LogP contribution in [0.5, 0.6) is 0 Å². The second-order valence-electron chi connectivity index (χ2n) is 31.1. The predicted molar refractivity (Wildman–Crippen MR) is 475 cm³/mol. The van der Waals surface area contributed by atoms with Crippen molar-refractivity contribution in [3.63, 3.8) is 0 Å². The highest BCUT2D eigenvalue weighted by Crippen LogP contribution is 2.29. The number of aliphatic imine (C=N–C) groups is 1.